The van der Waals surface area contributed by atoms with Crippen LogP contribution in [0.15, 0.2) is 12.3 Å². The van der Waals surface area contributed by atoms with Crippen molar-refractivity contribution in [1.29, 1.82) is 0 Å². The Morgan fingerprint density at radius 3 is 2.90 bits per heavy atom. The third kappa shape index (κ3) is 2.66. The highest BCUT2D eigenvalue weighted by molar-refractivity contribution is 5.93. The average molecular weight is 283 g/mol. The Hall–Kier alpha value is -1.93. The molecule has 1 fully saturated rings. The smallest absolute Gasteiger partial charge is 0.287 e. The molecule has 110 valence electrons. The summed E-state index contributed by atoms with van der Waals surface area (Å²) in [6.45, 7) is 2.28. The minimum atomic E-state index is -0.532. The zero-order valence-electron chi connectivity index (χ0n) is 11.4. The molecule has 1 aromatic heterocycles. The molecule has 0 aliphatic carbocycles. The molecule has 20 heavy (non-hydrogen) atoms. The predicted octanol–water partition coefficient (Wildman–Crippen LogP) is 0.155. The lowest BCUT2D eigenvalue weighted by atomic mass is 10.2. The Kier molecular flexibility index (Phi) is 4.05. The molecule has 0 spiro atoms. The highest BCUT2D eigenvalue weighted by atomic mass is 16.6. The molecule has 1 aromatic rings. The van der Waals surface area contributed by atoms with Crippen molar-refractivity contribution in [1.82, 2.24) is 9.47 Å². The molecule has 2 unspecified atom stereocenters. The molecule has 1 saturated heterocycles. The summed E-state index contributed by atoms with van der Waals surface area (Å²) < 4.78 is 6.81. The predicted molar refractivity (Wildman–Crippen MR) is 69.4 cm³/mol. The molecule has 1 aliphatic rings. The monoisotopic (exact) mass is 283 g/mol. The highest BCUT2D eigenvalue weighted by Gasteiger charge is 2.31. The Labute approximate surface area is 115 Å². The molecular formula is C12H17N3O5. The number of morpholine rings is 1. The lowest BCUT2D eigenvalue weighted by molar-refractivity contribution is -0.384. The SMILES string of the molecule is CC1COC(CO)CN1C(=O)c1cc([N+](=O)[O-])cn1C. The van der Waals surface area contributed by atoms with Crippen molar-refractivity contribution < 1.29 is 19.6 Å². The van der Waals surface area contributed by atoms with E-state index in [1.807, 2.05) is 6.92 Å². The number of aromatic nitrogens is 1. The van der Waals surface area contributed by atoms with E-state index in [4.69, 9.17) is 9.84 Å². The summed E-state index contributed by atoms with van der Waals surface area (Å²) in [4.78, 5) is 24.3. The van der Waals surface area contributed by atoms with Crippen LogP contribution in [0, 0.1) is 10.1 Å². The van der Waals surface area contributed by atoms with Crippen LogP contribution in [0.4, 0.5) is 5.69 Å². The third-order valence-corrected chi connectivity index (χ3v) is 3.39. The number of aliphatic hydroxyl groups is 1. The summed E-state index contributed by atoms with van der Waals surface area (Å²) in [5, 5.41) is 19.9. The van der Waals surface area contributed by atoms with Gasteiger partial charge in [0, 0.05) is 19.7 Å². The number of amides is 1. The number of rotatable bonds is 3. The fourth-order valence-corrected chi connectivity index (χ4v) is 2.22. The molecule has 0 aromatic carbocycles. The Morgan fingerprint density at radius 1 is 1.65 bits per heavy atom. The van der Waals surface area contributed by atoms with Crippen LogP contribution in [0.5, 0.6) is 0 Å². The van der Waals surface area contributed by atoms with Gasteiger partial charge in [-0.05, 0) is 6.92 Å². The number of hydrogen-bond acceptors (Lipinski definition) is 5. The van der Waals surface area contributed by atoms with Gasteiger partial charge in [0.05, 0.1) is 36.5 Å². The van der Waals surface area contributed by atoms with Crippen molar-refractivity contribution in [3.8, 4) is 0 Å². The van der Waals surface area contributed by atoms with Gasteiger partial charge in [0.15, 0.2) is 0 Å². The van der Waals surface area contributed by atoms with Crippen LogP contribution in [0.1, 0.15) is 17.4 Å². The first-order valence-electron chi connectivity index (χ1n) is 6.28. The van der Waals surface area contributed by atoms with E-state index >= 15 is 0 Å². The van der Waals surface area contributed by atoms with Gasteiger partial charge in [-0.15, -0.1) is 0 Å². The van der Waals surface area contributed by atoms with Gasteiger partial charge in [0.2, 0.25) is 0 Å². The summed E-state index contributed by atoms with van der Waals surface area (Å²) in [7, 11) is 1.59. The number of ether oxygens (including phenoxy) is 1. The number of aryl methyl sites for hydroxylation is 1. The lowest BCUT2D eigenvalue weighted by Gasteiger charge is -2.37. The maximum absolute atomic E-state index is 12.5. The van der Waals surface area contributed by atoms with Crippen LogP contribution in [0.2, 0.25) is 0 Å². The fourth-order valence-electron chi connectivity index (χ4n) is 2.22. The standard InChI is InChI=1S/C12H17N3O5/c1-8-7-20-10(6-16)5-14(8)12(17)11-3-9(15(18)19)4-13(11)2/h3-4,8,10,16H,5-7H2,1-2H3. The van der Waals surface area contributed by atoms with Gasteiger partial charge in [-0.3, -0.25) is 14.9 Å². The van der Waals surface area contributed by atoms with E-state index in [2.05, 4.69) is 0 Å². The second-order valence-electron chi connectivity index (χ2n) is 4.90. The van der Waals surface area contributed by atoms with Crippen LogP contribution in [0.25, 0.3) is 0 Å². The summed E-state index contributed by atoms with van der Waals surface area (Å²) in [6, 6.07) is 1.12. The van der Waals surface area contributed by atoms with Gasteiger partial charge in [-0.2, -0.15) is 0 Å². The zero-order valence-corrected chi connectivity index (χ0v) is 11.4. The molecule has 1 N–H and O–H groups in total. The van der Waals surface area contributed by atoms with Gasteiger partial charge in [-0.25, -0.2) is 0 Å². The molecule has 8 heteroatoms. The molecule has 1 amide bonds. The van der Waals surface area contributed by atoms with E-state index in [0.29, 0.717) is 6.61 Å². The van der Waals surface area contributed by atoms with E-state index in [1.54, 1.807) is 11.9 Å². The first-order chi connectivity index (χ1) is 9.43. The van der Waals surface area contributed by atoms with Gasteiger partial charge >= 0.3 is 0 Å². The van der Waals surface area contributed by atoms with Crippen molar-refractivity contribution >= 4 is 11.6 Å². The van der Waals surface area contributed by atoms with Crippen LogP contribution in [-0.2, 0) is 11.8 Å². The second kappa shape index (κ2) is 5.59. The summed E-state index contributed by atoms with van der Waals surface area (Å²) >= 11 is 0. The quantitative estimate of drug-likeness (QED) is 0.629. The minimum Gasteiger partial charge on any atom is -0.394 e. The topological polar surface area (TPSA) is 97.8 Å². The van der Waals surface area contributed by atoms with Gasteiger partial charge in [0.25, 0.3) is 11.6 Å². The summed E-state index contributed by atoms with van der Waals surface area (Å²) in [5.74, 6) is -0.296. The molecule has 2 heterocycles. The van der Waals surface area contributed by atoms with E-state index in [9.17, 15) is 14.9 Å². The van der Waals surface area contributed by atoms with E-state index in [-0.39, 0.29) is 36.5 Å². The highest BCUT2D eigenvalue weighted by Crippen LogP contribution is 2.20. The number of carbonyl (C=O) groups excluding carboxylic acids is 1. The molecule has 2 atom stereocenters. The van der Waals surface area contributed by atoms with Crippen LogP contribution in [0.3, 0.4) is 0 Å². The van der Waals surface area contributed by atoms with E-state index < -0.39 is 11.0 Å². The van der Waals surface area contributed by atoms with Gasteiger partial charge in [0.1, 0.15) is 5.69 Å². The zero-order chi connectivity index (χ0) is 14.9. The van der Waals surface area contributed by atoms with Crippen LogP contribution < -0.4 is 0 Å². The van der Waals surface area contributed by atoms with E-state index in [1.165, 1.54) is 16.8 Å². The van der Waals surface area contributed by atoms with Gasteiger partial charge < -0.3 is 19.3 Å². The fraction of sp³-hybridized carbons (Fsp3) is 0.583. The van der Waals surface area contributed by atoms with Crippen molar-refractivity contribution in [3.05, 3.63) is 28.1 Å². The molecule has 0 bridgehead atoms. The number of nitro groups is 1. The van der Waals surface area contributed by atoms with Crippen molar-refractivity contribution in [3.63, 3.8) is 0 Å². The molecule has 0 saturated carbocycles. The first-order valence-corrected chi connectivity index (χ1v) is 6.28. The molecule has 2 rings (SSSR count). The normalized spacial score (nSPS) is 22.9. The number of hydrogen-bond donors (Lipinski definition) is 1. The number of nitrogens with zero attached hydrogens (tertiary/aromatic N) is 3. The second-order valence-corrected chi connectivity index (χ2v) is 4.90. The Bertz CT molecular complexity index is 527. The number of carbonyl (C=O) groups is 1. The molecule has 1 aliphatic heterocycles. The number of aliphatic hydroxyl groups excluding tert-OH is 1. The lowest BCUT2D eigenvalue weighted by Crippen LogP contribution is -2.52. The maximum atomic E-state index is 12.5. The van der Waals surface area contributed by atoms with Crippen LogP contribution >= 0.6 is 0 Å². The summed E-state index contributed by atoms with van der Waals surface area (Å²) in [5.41, 5.74) is 0.137. The maximum Gasteiger partial charge on any atom is 0.287 e. The van der Waals surface area contributed by atoms with Crippen LogP contribution in [-0.4, -0.2) is 57.3 Å². The van der Waals surface area contributed by atoms with Crippen molar-refractivity contribution in [2.24, 2.45) is 7.05 Å². The molecular weight excluding hydrogens is 266 g/mol. The molecule has 0 radical (unpaired) electrons. The van der Waals surface area contributed by atoms with E-state index in [0.717, 1.165) is 0 Å². The van der Waals surface area contributed by atoms with Crippen molar-refractivity contribution in [2.45, 2.75) is 19.1 Å². The average Bonchev–Trinajstić information content (AvgIpc) is 2.81. The Balaban J connectivity index is 2.23. The Morgan fingerprint density at radius 2 is 2.35 bits per heavy atom. The van der Waals surface area contributed by atoms with Gasteiger partial charge in [-0.1, -0.05) is 0 Å². The first kappa shape index (κ1) is 14.5. The van der Waals surface area contributed by atoms with Crippen molar-refractivity contribution in [2.75, 3.05) is 19.8 Å². The minimum absolute atomic E-state index is 0.115. The third-order valence-electron chi connectivity index (χ3n) is 3.39. The summed E-state index contributed by atoms with van der Waals surface area (Å²) in [6.07, 6.45) is 0.896. The molecule has 8 nitrogen and oxygen atoms in total. The largest absolute Gasteiger partial charge is 0.394 e.